The van der Waals surface area contributed by atoms with Crippen LogP contribution < -0.4 is 5.56 Å². The van der Waals surface area contributed by atoms with Gasteiger partial charge in [-0.3, -0.25) is 9.59 Å². The molecule has 0 aliphatic carbocycles. The lowest BCUT2D eigenvalue weighted by atomic mass is 9.97. The Bertz CT molecular complexity index is 580. The van der Waals surface area contributed by atoms with Gasteiger partial charge >= 0.3 is 0 Å². The SMILES string of the molecule is COCCCC1CCCCN1C(=O)c1ccc(C(C)C)[nH]c1=O. The summed E-state index contributed by atoms with van der Waals surface area (Å²) in [4.78, 5) is 29.8. The van der Waals surface area contributed by atoms with E-state index in [4.69, 9.17) is 4.74 Å². The average molecular weight is 320 g/mol. The molecule has 1 aromatic rings. The van der Waals surface area contributed by atoms with E-state index in [1.807, 2.05) is 24.8 Å². The molecular weight excluding hydrogens is 292 g/mol. The number of nitrogens with one attached hydrogen (secondary N) is 1. The van der Waals surface area contributed by atoms with Crippen LogP contribution in [0.5, 0.6) is 0 Å². The highest BCUT2D eigenvalue weighted by Crippen LogP contribution is 2.22. The Morgan fingerprint density at radius 2 is 2.17 bits per heavy atom. The number of aromatic amines is 1. The molecule has 0 aromatic carbocycles. The lowest BCUT2D eigenvalue weighted by molar-refractivity contribution is 0.0583. The lowest BCUT2D eigenvalue weighted by Gasteiger charge is -2.35. The van der Waals surface area contributed by atoms with Gasteiger partial charge in [-0.05, 0) is 50.2 Å². The predicted molar refractivity (Wildman–Crippen MR) is 90.9 cm³/mol. The van der Waals surface area contributed by atoms with Crippen LogP contribution >= 0.6 is 0 Å². The second-order valence-electron chi connectivity index (χ2n) is 6.59. The van der Waals surface area contributed by atoms with Crippen LogP contribution in [0.2, 0.25) is 0 Å². The fourth-order valence-corrected chi connectivity index (χ4v) is 3.18. The highest BCUT2D eigenvalue weighted by Gasteiger charge is 2.28. The zero-order chi connectivity index (χ0) is 16.8. The van der Waals surface area contributed by atoms with Gasteiger partial charge in [0.1, 0.15) is 5.56 Å². The van der Waals surface area contributed by atoms with Crippen LogP contribution in [-0.4, -0.2) is 42.1 Å². The molecule has 2 heterocycles. The molecule has 128 valence electrons. The summed E-state index contributed by atoms with van der Waals surface area (Å²) in [5.74, 6) is 0.104. The molecule has 1 unspecified atom stereocenters. The first-order valence-corrected chi connectivity index (χ1v) is 8.57. The number of nitrogens with zero attached hydrogens (tertiary/aromatic N) is 1. The lowest BCUT2D eigenvalue weighted by Crippen LogP contribution is -2.45. The Balaban J connectivity index is 2.15. The summed E-state index contributed by atoms with van der Waals surface area (Å²) in [6.07, 6.45) is 5.03. The maximum atomic E-state index is 12.8. The minimum absolute atomic E-state index is 0.135. The van der Waals surface area contributed by atoms with Crippen molar-refractivity contribution in [2.24, 2.45) is 0 Å². The van der Waals surface area contributed by atoms with E-state index >= 15 is 0 Å². The molecule has 1 atom stereocenters. The van der Waals surface area contributed by atoms with Gasteiger partial charge in [0, 0.05) is 32.0 Å². The average Bonchev–Trinajstić information content (AvgIpc) is 2.55. The number of aromatic nitrogens is 1. The monoisotopic (exact) mass is 320 g/mol. The van der Waals surface area contributed by atoms with Gasteiger partial charge in [0.05, 0.1) is 0 Å². The number of amides is 1. The number of hydrogen-bond donors (Lipinski definition) is 1. The van der Waals surface area contributed by atoms with Crippen molar-refractivity contribution in [3.8, 4) is 0 Å². The third kappa shape index (κ3) is 4.44. The number of carbonyl (C=O) groups excluding carboxylic acids is 1. The van der Waals surface area contributed by atoms with Crippen LogP contribution in [0.15, 0.2) is 16.9 Å². The molecule has 2 rings (SSSR count). The molecule has 0 radical (unpaired) electrons. The third-order valence-electron chi connectivity index (χ3n) is 4.56. The van der Waals surface area contributed by atoms with Crippen LogP contribution in [0.3, 0.4) is 0 Å². The van der Waals surface area contributed by atoms with Gasteiger partial charge in [-0.15, -0.1) is 0 Å². The topological polar surface area (TPSA) is 62.4 Å². The maximum Gasteiger partial charge on any atom is 0.261 e. The molecule has 0 saturated carbocycles. The van der Waals surface area contributed by atoms with Crippen molar-refractivity contribution in [1.82, 2.24) is 9.88 Å². The van der Waals surface area contributed by atoms with E-state index < -0.39 is 0 Å². The van der Waals surface area contributed by atoms with Crippen LogP contribution in [0, 0.1) is 0 Å². The fourth-order valence-electron chi connectivity index (χ4n) is 3.18. The number of ether oxygens (including phenoxy) is 1. The summed E-state index contributed by atoms with van der Waals surface area (Å²) >= 11 is 0. The Hall–Kier alpha value is -1.62. The molecule has 1 aromatic heterocycles. The predicted octanol–water partition coefficient (Wildman–Crippen LogP) is 2.92. The molecule has 0 spiro atoms. The van der Waals surface area contributed by atoms with Gasteiger partial charge in [0.15, 0.2) is 0 Å². The summed E-state index contributed by atoms with van der Waals surface area (Å²) < 4.78 is 5.11. The number of piperidine rings is 1. The number of carbonyl (C=O) groups is 1. The maximum absolute atomic E-state index is 12.8. The van der Waals surface area contributed by atoms with E-state index in [2.05, 4.69) is 4.98 Å². The minimum Gasteiger partial charge on any atom is -0.385 e. The quantitative estimate of drug-likeness (QED) is 0.820. The molecule has 1 saturated heterocycles. The summed E-state index contributed by atoms with van der Waals surface area (Å²) in [5, 5.41) is 0. The van der Waals surface area contributed by atoms with Crippen molar-refractivity contribution >= 4 is 5.91 Å². The molecule has 1 fully saturated rings. The molecule has 1 aliphatic rings. The molecule has 1 amide bonds. The van der Waals surface area contributed by atoms with Crippen LogP contribution in [0.1, 0.15) is 67.9 Å². The normalized spacial score (nSPS) is 18.4. The molecule has 5 heteroatoms. The van der Waals surface area contributed by atoms with Crippen molar-refractivity contribution in [2.75, 3.05) is 20.3 Å². The van der Waals surface area contributed by atoms with E-state index in [0.29, 0.717) is 6.61 Å². The van der Waals surface area contributed by atoms with Crippen molar-refractivity contribution < 1.29 is 9.53 Å². The van der Waals surface area contributed by atoms with E-state index in [1.54, 1.807) is 13.2 Å². The van der Waals surface area contributed by atoms with Gasteiger partial charge in [-0.2, -0.15) is 0 Å². The third-order valence-corrected chi connectivity index (χ3v) is 4.56. The first-order chi connectivity index (χ1) is 11.0. The first kappa shape index (κ1) is 17.7. The summed E-state index contributed by atoms with van der Waals surface area (Å²) in [7, 11) is 1.69. The van der Waals surface area contributed by atoms with E-state index in [0.717, 1.165) is 44.3 Å². The highest BCUT2D eigenvalue weighted by molar-refractivity contribution is 5.94. The van der Waals surface area contributed by atoms with Crippen LogP contribution in [0.4, 0.5) is 0 Å². The Labute approximate surface area is 138 Å². The number of H-pyrrole nitrogens is 1. The number of hydrogen-bond acceptors (Lipinski definition) is 3. The zero-order valence-electron chi connectivity index (χ0n) is 14.4. The fraction of sp³-hybridized carbons (Fsp3) is 0.667. The van der Waals surface area contributed by atoms with Gasteiger partial charge in [0.2, 0.25) is 0 Å². The van der Waals surface area contributed by atoms with E-state index in [-0.39, 0.29) is 29.0 Å². The minimum atomic E-state index is -0.276. The van der Waals surface area contributed by atoms with Crippen LogP contribution in [0.25, 0.3) is 0 Å². The first-order valence-electron chi connectivity index (χ1n) is 8.57. The Kier molecular flexibility index (Phi) is 6.39. The molecule has 0 bridgehead atoms. The number of likely N-dealkylation sites (tertiary alicyclic amines) is 1. The van der Waals surface area contributed by atoms with Crippen molar-refractivity contribution in [2.45, 2.75) is 57.9 Å². The molecule has 23 heavy (non-hydrogen) atoms. The van der Waals surface area contributed by atoms with E-state index in [9.17, 15) is 9.59 Å². The smallest absolute Gasteiger partial charge is 0.261 e. The van der Waals surface area contributed by atoms with E-state index in [1.165, 1.54) is 0 Å². The Morgan fingerprint density at radius 1 is 1.39 bits per heavy atom. The summed E-state index contributed by atoms with van der Waals surface area (Å²) in [5.41, 5.74) is 0.845. The van der Waals surface area contributed by atoms with Crippen molar-refractivity contribution in [3.63, 3.8) is 0 Å². The zero-order valence-corrected chi connectivity index (χ0v) is 14.4. The highest BCUT2D eigenvalue weighted by atomic mass is 16.5. The Morgan fingerprint density at radius 3 is 2.83 bits per heavy atom. The van der Waals surface area contributed by atoms with Crippen molar-refractivity contribution in [3.05, 3.63) is 33.7 Å². The van der Waals surface area contributed by atoms with Gasteiger partial charge < -0.3 is 14.6 Å². The second kappa shape index (κ2) is 8.29. The molecular formula is C18H28N2O3. The number of rotatable bonds is 6. The van der Waals surface area contributed by atoms with Gasteiger partial charge in [-0.1, -0.05) is 13.8 Å². The second-order valence-corrected chi connectivity index (χ2v) is 6.59. The molecule has 1 N–H and O–H groups in total. The van der Waals surface area contributed by atoms with Gasteiger partial charge in [0.25, 0.3) is 11.5 Å². The largest absolute Gasteiger partial charge is 0.385 e. The molecule has 1 aliphatic heterocycles. The number of methoxy groups -OCH3 is 1. The summed E-state index contributed by atoms with van der Waals surface area (Å²) in [6.45, 7) is 5.48. The summed E-state index contributed by atoms with van der Waals surface area (Å²) in [6, 6.07) is 3.75. The molecule has 5 nitrogen and oxygen atoms in total. The van der Waals surface area contributed by atoms with Gasteiger partial charge in [-0.25, -0.2) is 0 Å². The van der Waals surface area contributed by atoms with Crippen LogP contribution in [-0.2, 0) is 4.74 Å². The van der Waals surface area contributed by atoms with Crippen molar-refractivity contribution in [1.29, 1.82) is 0 Å². The standard InChI is InChI=1S/C18H28N2O3/c1-13(2)16-10-9-15(17(21)19-16)18(22)20-11-5-4-7-14(20)8-6-12-23-3/h9-10,13-14H,4-8,11-12H2,1-3H3,(H,19,21). The number of pyridine rings is 1.